The van der Waals surface area contributed by atoms with Crippen LogP contribution in [0.15, 0.2) is 47.0 Å². The van der Waals surface area contributed by atoms with Crippen molar-refractivity contribution in [2.45, 2.75) is 12.3 Å². The predicted octanol–water partition coefficient (Wildman–Crippen LogP) is 3.28. The Balaban J connectivity index is 1.56. The van der Waals surface area contributed by atoms with Gasteiger partial charge in [-0.2, -0.15) is 4.98 Å². The molecule has 1 aliphatic heterocycles. The molecule has 1 aliphatic rings. The molecule has 1 aromatic heterocycles. The number of hydrogen-bond acceptors (Lipinski definition) is 7. The van der Waals surface area contributed by atoms with Crippen molar-refractivity contribution in [2.75, 3.05) is 32.8 Å². The Hall–Kier alpha value is -3.55. The second-order valence-electron chi connectivity index (χ2n) is 6.63. The Kier molecular flexibility index (Phi) is 5.07. The number of amides is 1. The van der Waals surface area contributed by atoms with Gasteiger partial charge >= 0.3 is 0 Å². The molecule has 150 valence electrons. The fourth-order valence-corrected chi connectivity index (χ4v) is 3.37. The first-order chi connectivity index (χ1) is 14.1. The fourth-order valence-electron chi connectivity index (χ4n) is 3.37. The van der Waals surface area contributed by atoms with Crippen molar-refractivity contribution in [3.8, 4) is 28.6 Å². The summed E-state index contributed by atoms with van der Waals surface area (Å²) in [6, 6.07) is 12.8. The third-order valence-corrected chi connectivity index (χ3v) is 4.94. The van der Waals surface area contributed by atoms with Gasteiger partial charge in [0.05, 0.1) is 32.9 Å². The summed E-state index contributed by atoms with van der Waals surface area (Å²) in [6.45, 7) is 0.423. The Bertz CT molecular complexity index is 1020. The number of ether oxygens (including phenoxy) is 3. The average molecular weight is 395 g/mol. The Morgan fingerprint density at radius 2 is 1.72 bits per heavy atom. The molecule has 29 heavy (non-hydrogen) atoms. The summed E-state index contributed by atoms with van der Waals surface area (Å²) in [4.78, 5) is 18.9. The van der Waals surface area contributed by atoms with Crippen LogP contribution in [0.25, 0.3) is 11.4 Å². The summed E-state index contributed by atoms with van der Waals surface area (Å²) >= 11 is 0. The fraction of sp³-hybridized carbons (Fsp3) is 0.286. The number of anilines is 1. The topological polar surface area (TPSA) is 86.9 Å². The van der Waals surface area contributed by atoms with Gasteiger partial charge in [0.2, 0.25) is 17.6 Å². The van der Waals surface area contributed by atoms with E-state index in [2.05, 4.69) is 10.1 Å². The van der Waals surface area contributed by atoms with Gasteiger partial charge in [-0.25, -0.2) is 0 Å². The molecule has 8 nitrogen and oxygen atoms in total. The quantitative estimate of drug-likeness (QED) is 0.633. The summed E-state index contributed by atoms with van der Waals surface area (Å²) < 4.78 is 21.3. The van der Waals surface area contributed by atoms with Crippen LogP contribution < -0.4 is 19.1 Å². The second kappa shape index (κ2) is 7.83. The first-order valence-electron chi connectivity index (χ1n) is 9.13. The van der Waals surface area contributed by atoms with Gasteiger partial charge in [-0.05, 0) is 36.4 Å². The van der Waals surface area contributed by atoms with E-state index in [1.807, 2.05) is 24.3 Å². The van der Waals surface area contributed by atoms with Crippen molar-refractivity contribution in [1.82, 2.24) is 10.1 Å². The lowest BCUT2D eigenvalue weighted by atomic mass is 10.1. The Labute approximate surface area is 168 Å². The number of nitrogens with zero attached hydrogens (tertiary/aromatic N) is 3. The summed E-state index contributed by atoms with van der Waals surface area (Å²) in [6.07, 6.45) is 0.282. The largest absolute Gasteiger partial charge is 0.497 e. The van der Waals surface area contributed by atoms with E-state index in [1.165, 1.54) is 0 Å². The SMILES string of the molecule is COc1ccc(-c2noc([C@H]3CC(=O)N(c4cc(OC)ccc4OC)C3)n2)cc1. The van der Waals surface area contributed by atoms with Crippen LogP contribution in [0.1, 0.15) is 18.2 Å². The number of hydrogen-bond donors (Lipinski definition) is 0. The van der Waals surface area contributed by atoms with Crippen molar-refractivity contribution >= 4 is 11.6 Å². The molecule has 1 fully saturated rings. The number of rotatable bonds is 6. The van der Waals surface area contributed by atoms with E-state index in [9.17, 15) is 4.79 Å². The predicted molar refractivity (Wildman–Crippen MR) is 106 cm³/mol. The highest BCUT2D eigenvalue weighted by atomic mass is 16.5. The van der Waals surface area contributed by atoms with Crippen molar-refractivity contribution in [1.29, 1.82) is 0 Å². The highest BCUT2D eigenvalue weighted by Gasteiger charge is 2.36. The molecule has 2 heterocycles. The molecule has 0 bridgehead atoms. The zero-order chi connectivity index (χ0) is 20.4. The standard InChI is InChI=1S/C21H21N3O5/c1-26-15-6-4-13(5-7-15)20-22-21(29-23-20)14-10-19(25)24(12-14)17-11-16(27-2)8-9-18(17)28-3/h4-9,11,14H,10,12H2,1-3H3/t14-/m0/s1. The van der Waals surface area contributed by atoms with Crippen LogP contribution in [0.4, 0.5) is 5.69 Å². The first kappa shape index (κ1) is 18.8. The molecule has 0 saturated carbocycles. The third kappa shape index (κ3) is 3.61. The van der Waals surface area contributed by atoms with Crippen LogP contribution in [0, 0.1) is 0 Å². The molecule has 0 aliphatic carbocycles. The van der Waals surface area contributed by atoms with Gasteiger partial charge in [-0.15, -0.1) is 0 Å². The molecular weight excluding hydrogens is 374 g/mol. The summed E-state index contributed by atoms with van der Waals surface area (Å²) in [5.74, 6) is 2.69. The highest BCUT2D eigenvalue weighted by molar-refractivity contribution is 5.98. The van der Waals surface area contributed by atoms with Crippen molar-refractivity contribution in [2.24, 2.45) is 0 Å². The van der Waals surface area contributed by atoms with E-state index >= 15 is 0 Å². The average Bonchev–Trinajstić information content (AvgIpc) is 3.40. The minimum Gasteiger partial charge on any atom is -0.497 e. The van der Waals surface area contributed by atoms with E-state index in [0.717, 1.165) is 11.3 Å². The smallest absolute Gasteiger partial charge is 0.232 e. The molecule has 2 aromatic carbocycles. The molecule has 1 atom stereocenters. The molecule has 0 radical (unpaired) electrons. The minimum atomic E-state index is -0.196. The lowest BCUT2D eigenvalue weighted by molar-refractivity contribution is -0.117. The van der Waals surface area contributed by atoms with Crippen LogP contribution in [0.2, 0.25) is 0 Å². The molecule has 1 saturated heterocycles. The van der Waals surface area contributed by atoms with Gasteiger partial charge in [0.15, 0.2) is 0 Å². The number of carbonyl (C=O) groups excluding carboxylic acids is 1. The monoisotopic (exact) mass is 395 g/mol. The zero-order valence-electron chi connectivity index (χ0n) is 16.4. The lowest BCUT2D eigenvalue weighted by Crippen LogP contribution is -2.24. The van der Waals surface area contributed by atoms with Crippen molar-refractivity contribution < 1.29 is 23.5 Å². The van der Waals surface area contributed by atoms with E-state index in [-0.39, 0.29) is 18.2 Å². The molecule has 0 N–H and O–H groups in total. The van der Waals surface area contributed by atoms with Crippen molar-refractivity contribution in [3.63, 3.8) is 0 Å². The van der Waals surface area contributed by atoms with Crippen LogP contribution >= 0.6 is 0 Å². The Morgan fingerprint density at radius 3 is 2.41 bits per heavy atom. The number of methoxy groups -OCH3 is 3. The zero-order valence-corrected chi connectivity index (χ0v) is 16.4. The minimum absolute atomic E-state index is 0.0363. The van der Waals surface area contributed by atoms with Gasteiger partial charge in [-0.1, -0.05) is 5.16 Å². The van der Waals surface area contributed by atoms with E-state index < -0.39 is 0 Å². The second-order valence-corrected chi connectivity index (χ2v) is 6.63. The number of carbonyl (C=O) groups is 1. The maximum atomic E-state index is 12.7. The maximum Gasteiger partial charge on any atom is 0.232 e. The molecule has 1 amide bonds. The van der Waals surface area contributed by atoms with Gasteiger partial charge in [0.25, 0.3) is 0 Å². The number of aromatic nitrogens is 2. The normalized spacial score (nSPS) is 16.2. The summed E-state index contributed by atoms with van der Waals surface area (Å²) in [7, 11) is 4.77. The highest BCUT2D eigenvalue weighted by Crippen LogP contribution is 2.38. The Morgan fingerprint density at radius 1 is 1.00 bits per heavy atom. The van der Waals surface area contributed by atoms with Crippen molar-refractivity contribution in [3.05, 3.63) is 48.4 Å². The molecule has 3 aromatic rings. The van der Waals surface area contributed by atoms with E-state index in [1.54, 1.807) is 44.4 Å². The van der Waals surface area contributed by atoms with Gasteiger partial charge in [0.1, 0.15) is 17.2 Å². The third-order valence-electron chi connectivity index (χ3n) is 4.94. The molecule has 0 spiro atoms. The van der Waals surface area contributed by atoms with Crippen LogP contribution in [0.3, 0.4) is 0 Å². The first-order valence-corrected chi connectivity index (χ1v) is 9.13. The summed E-state index contributed by atoms with van der Waals surface area (Å²) in [5.41, 5.74) is 1.48. The molecule has 0 unspecified atom stereocenters. The van der Waals surface area contributed by atoms with Gasteiger partial charge in [0, 0.05) is 24.6 Å². The maximum absolute atomic E-state index is 12.7. The number of benzene rings is 2. The molecular formula is C21H21N3O5. The van der Waals surface area contributed by atoms with Gasteiger partial charge < -0.3 is 23.6 Å². The van der Waals surface area contributed by atoms with Gasteiger partial charge in [-0.3, -0.25) is 4.79 Å². The van der Waals surface area contributed by atoms with E-state index in [4.69, 9.17) is 18.7 Å². The van der Waals surface area contributed by atoms with Crippen LogP contribution in [-0.4, -0.2) is 43.9 Å². The summed E-state index contributed by atoms with van der Waals surface area (Å²) in [5, 5.41) is 4.07. The lowest BCUT2D eigenvalue weighted by Gasteiger charge is -2.20. The van der Waals surface area contributed by atoms with Crippen LogP contribution in [-0.2, 0) is 4.79 Å². The molecule has 4 rings (SSSR count). The molecule has 8 heteroatoms. The van der Waals surface area contributed by atoms with Crippen LogP contribution in [0.5, 0.6) is 17.2 Å². The van der Waals surface area contributed by atoms with E-state index in [0.29, 0.717) is 35.4 Å².